The Morgan fingerprint density at radius 1 is 0.950 bits per heavy atom. The first-order valence-corrected chi connectivity index (χ1v) is 5.60. The highest BCUT2D eigenvalue weighted by atomic mass is 16.6. The molecule has 0 spiro atoms. The van der Waals surface area contributed by atoms with Crippen molar-refractivity contribution < 1.29 is 14.6 Å². The lowest BCUT2D eigenvalue weighted by atomic mass is 10.0. The van der Waals surface area contributed by atoms with Crippen LogP contribution in [-0.2, 0) is 0 Å². The van der Waals surface area contributed by atoms with E-state index < -0.39 is 9.85 Å². The summed E-state index contributed by atoms with van der Waals surface area (Å²) in [6.07, 6.45) is 0. The Hall–Kier alpha value is -2.96. The average molecular weight is 274 g/mol. The molecule has 0 heterocycles. The van der Waals surface area contributed by atoms with Gasteiger partial charge in [-0.1, -0.05) is 12.1 Å². The molecule has 7 nitrogen and oxygen atoms in total. The van der Waals surface area contributed by atoms with Gasteiger partial charge in [0, 0.05) is 23.8 Å². The first-order chi connectivity index (χ1) is 9.52. The van der Waals surface area contributed by atoms with Gasteiger partial charge in [-0.15, -0.1) is 0 Å². The quantitative estimate of drug-likeness (QED) is 0.630. The van der Waals surface area contributed by atoms with Crippen LogP contribution in [0.4, 0.5) is 11.4 Å². The molecule has 0 saturated carbocycles. The van der Waals surface area contributed by atoms with E-state index in [-0.39, 0.29) is 11.4 Å². The molecule has 0 unspecified atom stereocenters. The zero-order valence-corrected chi connectivity index (χ0v) is 10.5. The minimum Gasteiger partial charge on any atom is -0.496 e. The second-order valence-corrected chi connectivity index (χ2v) is 3.95. The number of ether oxygens (including phenoxy) is 1. The summed E-state index contributed by atoms with van der Waals surface area (Å²) >= 11 is 0. The van der Waals surface area contributed by atoms with Gasteiger partial charge in [-0.2, -0.15) is 0 Å². The smallest absolute Gasteiger partial charge is 0.273 e. The molecule has 0 aliphatic rings. The number of nitro benzene ring substituents is 2. The van der Waals surface area contributed by atoms with Gasteiger partial charge in [0.2, 0.25) is 0 Å². The van der Waals surface area contributed by atoms with Crippen molar-refractivity contribution in [2.75, 3.05) is 7.11 Å². The Balaban J connectivity index is 2.54. The van der Waals surface area contributed by atoms with Crippen LogP contribution in [0.15, 0.2) is 42.5 Å². The van der Waals surface area contributed by atoms with E-state index >= 15 is 0 Å². The van der Waals surface area contributed by atoms with E-state index in [1.54, 1.807) is 12.1 Å². The van der Waals surface area contributed by atoms with Crippen molar-refractivity contribution in [3.8, 4) is 16.9 Å². The van der Waals surface area contributed by atoms with Crippen LogP contribution in [0.2, 0.25) is 0 Å². The molecule has 0 N–H and O–H groups in total. The lowest BCUT2D eigenvalue weighted by Gasteiger charge is -2.08. The Kier molecular flexibility index (Phi) is 3.60. The molecule has 0 saturated heterocycles. The van der Waals surface area contributed by atoms with Crippen molar-refractivity contribution in [3.05, 3.63) is 62.7 Å². The van der Waals surface area contributed by atoms with E-state index in [2.05, 4.69) is 0 Å². The number of methoxy groups -OCH3 is 1. The van der Waals surface area contributed by atoms with Crippen LogP contribution < -0.4 is 4.74 Å². The highest BCUT2D eigenvalue weighted by Gasteiger charge is 2.14. The Morgan fingerprint density at radius 2 is 1.60 bits per heavy atom. The molecule has 2 aromatic rings. The molecule has 0 bridgehead atoms. The summed E-state index contributed by atoms with van der Waals surface area (Å²) in [6, 6.07) is 10.1. The second-order valence-electron chi connectivity index (χ2n) is 3.95. The molecule has 20 heavy (non-hydrogen) atoms. The number of hydrogen-bond donors (Lipinski definition) is 0. The van der Waals surface area contributed by atoms with Gasteiger partial charge in [-0.25, -0.2) is 0 Å². The van der Waals surface area contributed by atoms with Gasteiger partial charge in [-0.3, -0.25) is 20.2 Å². The average Bonchev–Trinajstić information content (AvgIpc) is 2.46. The van der Waals surface area contributed by atoms with Crippen molar-refractivity contribution in [3.63, 3.8) is 0 Å². The second kappa shape index (κ2) is 5.35. The van der Waals surface area contributed by atoms with Gasteiger partial charge in [0.25, 0.3) is 11.4 Å². The maximum absolute atomic E-state index is 10.8. The molecule has 2 aromatic carbocycles. The maximum atomic E-state index is 10.8. The van der Waals surface area contributed by atoms with E-state index in [0.29, 0.717) is 16.9 Å². The molecule has 0 radical (unpaired) electrons. The summed E-state index contributed by atoms with van der Waals surface area (Å²) in [6.45, 7) is 0. The monoisotopic (exact) mass is 274 g/mol. The number of rotatable bonds is 4. The molecule has 0 fully saturated rings. The van der Waals surface area contributed by atoms with Crippen LogP contribution in [-0.4, -0.2) is 17.0 Å². The standard InChI is InChI=1S/C13H10N2O5/c1-20-13-8-11(15(18)19)5-6-12(13)9-3-2-4-10(7-9)14(16)17/h2-8H,1H3. The van der Waals surface area contributed by atoms with E-state index in [0.717, 1.165) is 0 Å². The van der Waals surface area contributed by atoms with Gasteiger partial charge in [-0.05, 0) is 11.6 Å². The summed E-state index contributed by atoms with van der Waals surface area (Å²) in [5, 5.41) is 21.5. The Bertz CT molecular complexity index is 684. The summed E-state index contributed by atoms with van der Waals surface area (Å²) in [5.41, 5.74) is 0.965. The van der Waals surface area contributed by atoms with Crippen LogP contribution in [0.5, 0.6) is 5.75 Å². The summed E-state index contributed by atoms with van der Waals surface area (Å²) in [7, 11) is 1.39. The number of hydrogen-bond acceptors (Lipinski definition) is 5. The Labute approximate surface area is 113 Å². The van der Waals surface area contributed by atoms with Crippen molar-refractivity contribution in [2.24, 2.45) is 0 Å². The summed E-state index contributed by atoms with van der Waals surface area (Å²) in [4.78, 5) is 20.5. The molecule has 2 rings (SSSR count). The molecular weight excluding hydrogens is 264 g/mol. The van der Waals surface area contributed by atoms with E-state index in [1.165, 1.54) is 37.4 Å². The zero-order valence-electron chi connectivity index (χ0n) is 10.5. The van der Waals surface area contributed by atoms with E-state index in [1.807, 2.05) is 0 Å². The molecule has 0 atom stereocenters. The first-order valence-electron chi connectivity index (χ1n) is 5.60. The number of nitrogens with zero attached hydrogens (tertiary/aromatic N) is 2. The van der Waals surface area contributed by atoms with Gasteiger partial charge < -0.3 is 4.74 Å². The van der Waals surface area contributed by atoms with Gasteiger partial charge >= 0.3 is 0 Å². The summed E-state index contributed by atoms with van der Waals surface area (Å²) < 4.78 is 5.12. The molecule has 7 heteroatoms. The largest absolute Gasteiger partial charge is 0.496 e. The minimum absolute atomic E-state index is 0.0529. The van der Waals surface area contributed by atoms with Crippen molar-refractivity contribution in [2.45, 2.75) is 0 Å². The number of non-ortho nitro benzene ring substituents is 2. The van der Waals surface area contributed by atoms with Crippen LogP contribution in [0.3, 0.4) is 0 Å². The van der Waals surface area contributed by atoms with Crippen LogP contribution in [0.25, 0.3) is 11.1 Å². The predicted octanol–water partition coefficient (Wildman–Crippen LogP) is 3.18. The third-order valence-corrected chi connectivity index (χ3v) is 2.76. The normalized spacial score (nSPS) is 10.1. The fraction of sp³-hybridized carbons (Fsp3) is 0.0769. The lowest BCUT2D eigenvalue weighted by molar-refractivity contribution is -0.385. The van der Waals surface area contributed by atoms with E-state index in [9.17, 15) is 20.2 Å². The molecular formula is C13H10N2O5. The van der Waals surface area contributed by atoms with Crippen LogP contribution >= 0.6 is 0 Å². The van der Waals surface area contributed by atoms with Crippen LogP contribution in [0, 0.1) is 20.2 Å². The lowest BCUT2D eigenvalue weighted by Crippen LogP contribution is -1.93. The SMILES string of the molecule is COc1cc([N+](=O)[O-])ccc1-c1cccc([N+](=O)[O-])c1. The van der Waals surface area contributed by atoms with E-state index in [4.69, 9.17) is 4.74 Å². The molecule has 0 aromatic heterocycles. The van der Waals surface area contributed by atoms with Crippen LogP contribution in [0.1, 0.15) is 0 Å². The minimum atomic E-state index is -0.528. The number of benzene rings is 2. The zero-order chi connectivity index (χ0) is 14.7. The third kappa shape index (κ3) is 2.56. The molecule has 0 aliphatic heterocycles. The molecule has 102 valence electrons. The van der Waals surface area contributed by atoms with Gasteiger partial charge in [0.15, 0.2) is 0 Å². The van der Waals surface area contributed by atoms with Crippen molar-refractivity contribution in [1.82, 2.24) is 0 Å². The number of nitro groups is 2. The van der Waals surface area contributed by atoms with Gasteiger partial charge in [0.1, 0.15) is 5.75 Å². The fourth-order valence-corrected chi connectivity index (χ4v) is 1.82. The maximum Gasteiger partial charge on any atom is 0.273 e. The summed E-state index contributed by atoms with van der Waals surface area (Å²) in [5.74, 6) is 0.291. The van der Waals surface area contributed by atoms with Gasteiger partial charge in [0.05, 0.1) is 23.0 Å². The van der Waals surface area contributed by atoms with Crippen molar-refractivity contribution in [1.29, 1.82) is 0 Å². The predicted molar refractivity (Wildman–Crippen MR) is 71.7 cm³/mol. The molecule has 0 aliphatic carbocycles. The topological polar surface area (TPSA) is 95.5 Å². The highest BCUT2D eigenvalue weighted by molar-refractivity contribution is 5.73. The highest BCUT2D eigenvalue weighted by Crippen LogP contribution is 2.34. The first kappa shape index (κ1) is 13.5. The van der Waals surface area contributed by atoms with Crippen molar-refractivity contribution >= 4 is 11.4 Å². The molecule has 0 amide bonds. The Morgan fingerprint density at radius 3 is 2.20 bits per heavy atom. The third-order valence-electron chi connectivity index (χ3n) is 2.76. The fourth-order valence-electron chi connectivity index (χ4n) is 1.82.